The lowest BCUT2D eigenvalue weighted by molar-refractivity contribution is -0.140. The van der Waals surface area contributed by atoms with Crippen molar-refractivity contribution in [3.05, 3.63) is 80.5 Å². The molecule has 4 rings (SSSR count). The van der Waals surface area contributed by atoms with Crippen molar-refractivity contribution in [1.29, 1.82) is 0 Å². The third kappa shape index (κ3) is 4.22. The first-order valence-corrected chi connectivity index (χ1v) is 11.5. The fourth-order valence-electron chi connectivity index (χ4n) is 4.01. The molecule has 9 heteroatoms. The highest BCUT2D eigenvalue weighted by Crippen LogP contribution is 2.46. The Hall–Kier alpha value is -3.49. The van der Waals surface area contributed by atoms with Crippen LogP contribution in [0.15, 0.2) is 59.5 Å². The molecular weight excluding hydrogens is 478 g/mol. The molecule has 0 aliphatic carbocycles. The highest BCUT2D eigenvalue weighted by Gasteiger charge is 2.46. The van der Waals surface area contributed by atoms with E-state index in [1.54, 1.807) is 30.3 Å². The lowest BCUT2D eigenvalue weighted by atomic mass is 9.94. The summed E-state index contributed by atoms with van der Waals surface area (Å²) in [5.74, 6) is -0.710. The molecule has 1 aliphatic heterocycles. The van der Waals surface area contributed by atoms with E-state index in [9.17, 15) is 14.7 Å². The number of benzene rings is 2. The highest BCUT2D eigenvalue weighted by molar-refractivity contribution is 7.09. The van der Waals surface area contributed by atoms with Gasteiger partial charge in [0, 0.05) is 15.5 Å². The first kappa shape index (κ1) is 23.7. The minimum Gasteiger partial charge on any atom is -0.507 e. The predicted octanol–water partition coefficient (Wildman–Crippen LogP) is 5.05. The lowest BCUT2D eigenvalue weighted by Gasteiger charge is -2.26. The number of Topliss-reactive ketones (excluding diaryl/α,β-unsaturated/α-hetero) is 1. The molecule has 0 spiro atoms. The number of aliphatic hydroxyl groups is 1. The van der Waals surface area contributed by atoms with Crippen molar-refractivity contribution < 1.29 is 28.9 Å². The van der Waals surface area contributed by atoms with Gasteiger partial charge in [0.2, 0.25) is 5.75 Å². The fraction of sp³-hybridized carbons (Fsp3) is 0.200. The molecule has 7 nitrogen and oxygen atoms in total. The molecule has 1 N–H and O–H groups in total. The molecule has 0 bridgehead atoms. The van der Waals surface area contributed by atoms with Crippen molar-refractivity contribution in [1.82, 2.24) is 4.90 Å². The first-order valence-electron chi connectivity index (χ1n) is 10.3. The van der Waals surface area contributed by atoms with Crippen LogP contribution in [-0.2, 0) is 16.1 Å². The number of aliphatic hydroxyl groups excluding tert-OH is 1. The van der Waals surface area contributed by atoms with Crippen molar-refractivity contribution in [3.63, 3.8) is 0 Å². The number of rotatable bonds is 7. The summed E-state index contributed by atoms with van der Waals surface area (Å²) in [6, 6.07) is 12.7. The van der Waals surface area contributed by atoms with E-state index in [-0.39, 0.29) is 17.9 Å². The summed E-state index contributed by atoms with van der Waals surface area (Å²) in [6.07, 6.45) is 0. The van der Waals surface area contributed by atoms with Gasteiger partial charge < -0.3 is 24.2 Å². The van der Waals surface area contributed by atoms with Gasteiger partial charge in [-0.05, 0) is 41.3 Å². The second kappa shape index (κ2) is 9.79. The second-order valence-electron chi connectivity index (χ2n) is 7.48. The largest absolute Gasteiger partial charge is 0.507 e. The summed E-state index contributed by atoms with van der Waals surface area (Å²) in [5.41, 5.74) is 0.811. The molecule has 2 heterocycles. The van der Waals surface area contributed by atoms with E-state index in [1.165, 1.54) is 43.6 Å². The van der Waals surface area contributed by atoms with Gasteiger partial charge in [-0.1, -0.05) is 29.8 Å². The zero-order valence-electron chi connectivity index (χ0n) is 18.7. The predicted molar refractivity (Wildman–Crippen MR) is 130 cm³/mol. The van der Waals surface area contributed by atoms with Gasteiger partial charge in [-0.3, -0.25) is 9.59 Å². The van der Waals surface area contributed by atoms with Gasteiger partial charge in [-0.15, -0.1) is 11.3 Å². The van der Waals surface area contributed by atoms with Crippen LogP contribution in [0.5, 0.6) is 17.2 Å². The van der Waals surface area contributed by atoms with Crippen LogP contribution >= 0.6 is 22.9 Å². The smallest absolute Gasteiger partial charge is 0.295 e. The minimum absolute atomic E-state index is 0.0434. The molecule has 0 radical (unpaired) electrons. The first-order chi connectivity index (χ1) is 16.4. The number of hydrogen-bond donors (Lipinski definition) is 1. The van der Waals surface area contributed by atoms with E-state index in [4.69, 9.17) is 25.8 Å². The summed E-state index contributed by atoms with van der Waals surface area (Å²) >= 11 is 7.58. The lowest BCUT2D eigenvalue weighted by Crippen LogP contribution is -2.29. The molecule has 1 atom stereocenters. The van der Waals surface area contributed by atoms with Crippen molar-refractivity contribution in [2.24, 2.45) is 0 Å². The van der Waals surface area contributed by atoms with E-state index in [0.717, 1.165) is 4.88 Å². The summed E-state index contributed by atoms with van der Waals surface area (Å²) in [4.78, 5) is 28.7. The van der Waals surface area contributed by atoms with E-state index < -0.39 is 17.7 Å². The molecule has 2 aromatic carbocycles. The number of ether oxygens (including phenoxy) is 3. The van der Waals surface area contributed by atoms with Gasteiger partial charge in [0.25, 0.3) is 11.7 Å². The molecule has 1 saturated heterocycles. The van der Waals surface area contributed by atoms with Crippen molar-refractivity contribution in [2.45, 2.75) is 12.6 Å². The molecule has 1 aromatic heterocycles. The Morgan fingerprint density at radius 1 is 1.03 bits per heavy atom. The number of methoxy groups -OCH3 is 3. The summed E-state index contributed by atoms with van der Waals surface area (Å²) < 4.78 is 16.4. The number of halogens is 1. The molecule has 34 heavy (non-hydrogen) atoms. The maximum Gasteiger partial charge on any atom is 0.295 e. The Morgan fingerprint density at radius 3 is 2.29 bits per heavy atom. The second-order valence-corrected chi connectivity index (χ2v) is 8.94. The quantitative estimate of drug-likeness (QED) is 0.278. The Balaban J connectivity index is 1.95. The summed E-state index contributed by atoms with van der Waals surface area (Å²) in [6.45, 7) is 0.190. The van der Waals surface area contributed by atoms with E-state index in [1.807, 2.05) is 17.5 Å². The molecule has 1 aliphatic rings. The van der Waals surface area contributed by atoms with Crippen LogP contribution in [0.1, 0.15) is 22.0 Å². The van der Waals surface area contributed by atoms with Crippen LogP contribution in [0.4, 0.5) is 0 Å². The van der Waals surface area contributed by atoms with Gasteiger partial charge in [0.1, 0.15) is 5.76 Å². The third-order valence-corrected chi connectivity index (χ3v) is 6.64. The Kier molecular flexibility index (Phi) is 6.81. The summed E-state index contributed by atoms with van der Waals surface area (Å²) in [5, 5.41) is 13.5. The van der Waals surface area contributed by atoms with Gasteiger partial charge >= 0.3 is 0 Å². The number of amides is 1. The van der Waals surface area contributed by atoms with E-state index in [0.29, 0.717) is 33.4 Å². The standard InChI is InChI=1S/C25H22ClNO6S/c1-31-18-11-15(12-19(32-2)24(18)33-3)21-20(22(28)14-6-4-7-16(26)10-14)23(29)25(30)27(21)13-17-8-5-9-34-17/h4-12,21,28H,13H2,1-3H3/b22-20+. The molecule has 1 amide bonds. The van der Waals surface area contributed by atoms with E-state index in [2.05, 4.69) is 0 Å². The average molecular weight is 500 g/mol. The Bertz CT molecular complexity index is 1250. The molecule has 3 aromatic rings. The Labute approximate surface area is 205 Å². The number of likely N-dealkylation sites (tertiary alicyclic amines) is 1. The number of hydrogen-bond acceptors (Lipinski definition) is 7. The fourth-order valence-corrected chi connectivity index (χ4v) is 4.90. The van der Waals surface area contributed by atoms with Crippen LogP contribution < -0.4 is 14.2 Å². The number of ketones is 1. The van der Waals surface area contributed by atoms with Crippen LogP contribution in [0.3, 0.4) is 0 Å². The van der Waals surface area contributed by atoms with Crippen molar-refractivity contribution >= 4 is 40.4 Å². The average Bonchev–Trinajstić information content (AvgIpc) is 3.45. The zero-order chi connectivity index (χ0) is 24.4. The maximum atomic E-state index is 13.2. The van der Waals surface area contributed by atoms with Crippen molar-refractivity contribution in [3.8, 4) is 17.2 Å². The van der Waals surface area contributed by atoms with Crippen LogP contribution in [0, 0.1) is 0 Å². The number of nitrogens with zero attached hydrogens (tertiary/aromatic N) is 1. The maximum absolute atomic E-state index is 13.2. The van der Waals surface area contributed by atoms with Crippen LogP contribution in [-0.4, -0.2) is 43.0 Å². The number of carbonyl (C=O) groups excluding carboxylic acids is 2. The van der Waals surface area contributed by atoms with Crippen LogP contribution in [0.2, 0.25) is 5.02 Å². The molecule has 1 fully saturated rings. The molecule has 1 unspecified atom stereocenters. The zero-order valence-corrected chi connectivity index (χ0v) is 20.3. The highest BCUT2D eigenvalue weighted by atomic mass is 35.5. The Morgan fingerprint density at radius 2 is 1.74 bits per heavy atom. The van der Waals surface area contributed by atoms with Gasteiger partial charge in [0.15, 0.2) is 11.5 Å². The molecular formula is C25H22ClNO6S. The SMILES string of the molecule is COc1cc(C2/C(=C(\O)c3cccc(Cl)c3)C(=O)C(=O)N2Cc2cccs2)cc(OC)c1OC. The monoisotopic (exact) mass is 499 g/mol. The summed E-state index contributed by atoms with van der Waals surface area (Å²) in [7, 11) is 4.45. The number of thiophene rings is 1. The molecule has 0 saturated carbocycles. The van der Waals surface area contributed by atoms with E-state index >= 15 is 0 Å². The van der Waals surface area contributed by atoms with Gasteiger partial charge in [0.05, 0.1) is 39.5 Å². The number of carbonyl (C=O) groups is 2. The normalized spacial score (nSPS) is 17.2. The third-order valence-electron chi connectivity index (χ3n) is 5.55. The topological polar surface area (TPSA) is 85.3 Å². The minimum atomic E-state index is -0.894. The van der Waals surface area contributed by atoms with Gasteiger partial charge in [-0.25, -0.2) is 0 Å². The van der Waals surface area contributed by atoms with Crippen molar-refractivity contribution in [2.75, 3.05) is 21.3 Å². The van der Waals surface area contributed by atoms with Crippen LogP contribution in [0.25, 0.3) is 5.76 Å². The van der Waals surface area contributed by atoms with Gasteiger partial charge in [-0.2, -0.15) is 0 Å². The molecule has 176 valence electrons.